The first-order valence-electron chi connectivity index (χ1n) is 6.63. The molecule has 2 rings (SSSR count). The first-order chi connectivity index (χ1) is 8.61. The molecule has 1 saturated heterocycles. The molecule has 3 unspecified atom stereocenters. The van der Waals surface area contributed by atoms with Crippen LogP contribution in [-0.2, 0) is 18.3 Å². The minimum Gasteiger partial charge on any atom is -0.374 e. The monoisotopic (exact) mass is 252 g/mol. The lowest BCUT2D eigenvalue weighted by atomic mass is 10.1. The summed E-state index contributed by atoms with van der Waals surface area (Å²) in [4.78, 5) is 6.61. The van der Waals surface area contributed by atoms with Crippen LogP contribution in [0.5, 0.6) is 0 Å². The van der Waals surface area contributed by atoms with Gasteiger partial charge in [0.05, 0.1) is 18.8 Å². The van der Waals surface area contributed by atoms with Gasteiger partial charge in [-0.2, -0.15) is 0 Å². The van der Waals surface area contributed by atoms with Crippen LogP contribution in [0.1, 0.15) is 25.6 Å². The van der Waals surface area contributed by atoms with E-state index in [0.717, 1.165) is 25.2 Å². The van der Waals surface area contributed by atoms with Crippen molar-refractivity contribution in [2.75, 3.05) is 13.6 Å². The Morgan fingerprint density at radius 1 is 1.61 bits per heavy atom. The van der Waals surface area contributed by atoms with Crippen molar-refractivity contribution < 1.29 is 4.74 Å². The summed E-state index contributed by atoms with van der Waals surface area (Å²) in [5.41, 5.74) is 5.92. The molecule has 0 radical (unpaired) electrons. The second-order valence-electron chi connectivity index (χ2n) is 5.24. The quantitative estimate of drug-likeness (QED) is 0.840. The summed E-state index contributed by atoms with van der Waals surface area (Å²) in [5.74, 6) is 1.06. The highest BCUT2D eigenvalue weighted by atomic mass is 16.5. The Bertz CT molecular complexity index is 379. The van der Waals surface area contributed by atoms with Gasteiger partial charge in [0.1, 0.15) is 5.82 Å². The van der Waals surface area contributed by atoms with Gasteiger partial charge in [-0.25, -0.2) is 4.98 Å². The van der Waals surface area contributed by atoms with Gasteiger partial charge in [0, 0.05) is 32.0 Å². The molecule has 2 heterocycles. The van der Waals surface area contributed by atoms with Crippen LogP contribution in [0.25, 0.3) is 0 Å². The standard InChI is InChI=1S/C13H24N4O/c1-10-4-5-12(18-10)11(8-14)17(3)9-13-15-6-7-16(13)2/h6-7,10-12H,4-5,8-9,14H2,1-3H3. The average molecular weight is 252 g/mol. The lowest BCUT2D eigenvalue weighted by Gasteiger charge is -2.31. The summed E-state index contributed by atoms with van der Waals surface area (Å²) in [7, 11) is 4.11. The minimum absolute atomic E-state index is 0.260. The summed E-state index contributed by atoms with van der Waals surface area (Å²) >= 11 is 0. The molecule has 1 aromatic heterocycles. The molecular formula is C13H24N4O. The van der Waals surface area contributed by atoms with Crippen molar-refractivity contribution in [3.8, 4) is 0 Å². The minimum atomic E-state index is 0.260. The van der Waals surface area contributed by atoms with Gasteiger partial charge in [-0.1, -0.05) is 0 Å². The molecule has 0 bridgehead atoms. The number of nitrogens with two attached hydrogens (primary N) is 1. The van der Waals surface area contributed by atoms with Crippen molar-refractivity contribution in [2.45, 2.75) is 44.6 Å². The largest absolute Gasteiger partial charge is 0.374 e. The first-order valence-corrected chi connectivity index (χ1v) is 6.63. The zero-order valence-electron chi connectivity index (χ0n) is 11.5. The first kappa shape index (κ1) is 13.5. The number of ether oxygens (including phenoxy) is 1. The van der Waals surface area contributed by atoms with E-state index in [1.807, 2.05) is 24.0 Å². The van der Waals surface area contributed by atoms with Crippen molar-refractivity contribution in [2.24, 2.45) is 12.8 Å². The van der Waals surface area contributed by atoms with Gasteiger partial charge in [0.2, 0.25) is 0 Å². The highest BCUT2D eigenvalue weighted by Crippen LogP contribution is 2.24. The number of rotatable bonds is 5. The van der Waals surface area contributed by atoms with E-state index in [-0.39, 0.29) is 12.1 Å². The average Bonchev–Trinajstić information content (AvgIpc) is 2.91. The van der Waals surface area contributed by atoms with Crippen LogP contribution in [-0.4, -0.2) is 46.3 Å². The van der Waals surface area contributed by atoms with E-state index in [4.69, 9.17) is 10.5 Å². The Hall–Kier alpha value is -0.910. The molecule has 1 fully saturated rings. The molecule has 102 valence electrons. The Morgan fingerprint density at radius 3 is 2.89 bits per heavy atom. The number of aryl methyl sites for hydroxylation is 1. The number of nitrogens with zero attached hydrogens (tertiary/aromatic N) is 3. The second kappa shape index (κ2) is 5.82. The number of hydrogen-bond acceptors (Lipinski definition) is 4. The SMILES string of the molecule is CC1CCC(C(CN)N(C)Cc2nccn2C)O1. The molecule has 18 heavy (non-hydrogen) atoms. The van der Waals surface area contributed by atoms with Gasteiger partial charge < -0.3 is 15.0 Å². The van der Waals surface area contributed by atoms with Crippen molar-refractivity contribution in [1.82, 2.24) is 14.5 Å². The van der Waals surface area contributed by atoms with Crippen molar-refractivity contribution in [3.05, 3.63) is 18.2 Å². The maximum atomic E-state index is 5.94. The highest BCUT2D eigenvalue weighted by molar-refractivity contribution is 4.93. The Morgan fingerprint density at radius 2 is 2.39 bits per heavy atom. The normalized spacial score (nSPS) is 25.8. The predicted octanol–water partition coefficient (Wildman–Crippen LogP) is 0.747. The van der Waals surface area contributed by atoms with Crippen LogP contribution in [0.4, 0.5) is 0 Å². The van der Waals surface area contributed by atoms with Gasteiger partial charge in [-0.3, -0.25) is 4.90 Å². The number of imidazole rings is 1. The molecule has 0 spiro atoms. The van der Waals surface area contributed by atoms with E-state index in [1.165, 1.54) is 0 Å². The fourth-order valence-corrected chi connectivity index (χ4v) is 2.62. The van der Waals surface area contributed by atoms with Gasteiger partial charge in [0.15, 0.2) is 0 Å². The van der Waals surface area contributed by atoms with Crippen LogP contribution in [0.3, 0.4) is 0 Å². The Labute approximate surface area is 109 Å². The zero-order chi connectivity index (χ0) is 13.1. The Balaban J connectivity index is 1.97. The van der Waals surface area contributed by atoms with Gasteiger partial charge >= 0.3 is 0 Å². The molecule has 1 aromatic rings. The molecule has 3 atom stereocenters. The lowest BCUT2D eigenvalue weighted by molar-refractivity contribution is 0.000106. The second-order valence-corrected chi connectivity index (χ2v) is 5.24. The van der Waals surface area contributed by atoms with Crippen LogP contribution in [0.15, 0.2) is 12.4 Å². The topological polar surface area (TPSA) is 56.3 Å². The maximum absolute atomic E-state index is 5.94. The van der Waals surface area contributed by atoms with Crippen molar-refractivity contribution in [1.29, 1.82) is 0 Å². The maximum Gasteiger partial charge on any atom is 0.122 e. The molecule has 2 N–H and O–H groups in total. The van der Waals surface area contributed by atoms with Gasteiger partial charge in [-0.05, 0) is 26.8 Å². The molecule has 0 saturated carbocycles. The van der Waals surface area contributed by atoms with Gasteiger partial charge in [-0.15, -0.1) is 0 Å². The molecule has 0 amide bonds. The third kappa shape index (κ3) is 2.91. The summed E-state index contributed by atoms with van der Waals surface area (Å²) < 4.78 is 7.98. The predicted molar refractivity (Wildman–Crippen MR) is 71.1 cm³/mol. The molecule has 0 aliphatic carbocycles. The zero-order valence-corrected chi connectivity index (χ0v) is 11.5. The van der Waals surface area contributed by atoms with Crippen molar-refractivity contribution in [3.63, 3.8) is 0 Å². The fraction of sp³-hybridized carbons (Fsp3) is 0.769. The van der Waals surface area contributed by atoms with E-state index < -0.39 is 0 Å². The van der Waals surface area contributed by atoms with E-state index in [0.29, 0.717) is 12.6 Å². The molecular weight excluding hydrogens is 228 g/mol. The Kier molecular flexibility index (Phi) is 4.37. The third-order valence-electron chi connectivity index (χ3n) is 3.81. The van der Waals surface area contributed by atoms with Crippen LogP contribution < -0.4 is 5.73 Å². The molecule has 0 aromatic carbocycles. The van der Waals surface area contributed by atoms with Crippen LogP contribution in [0.2, 0.25) is 0 Å². The van der Waals surface area contributed by atoms with Crippen LogP contribution in [0, 0.1) is 0 Å². The number of likely N-dealkylation sites (N-methyl/N-ethyl adjacent to an activating group) is 1. The summed E-state index contributed by atoms with van der Waals surface area (Å²) in [6.07, 6.45) is 6.66. The molecule has 1 aliphatic rings. The molecule has 1 aliphatic heterocycles. The van der Waals surface area contributed by atoms with E-state index >= 15 is 0 Å². The van der Waals surface area contributed by atoms with E-state index in [1.54, 1.807) is 0 Å². The molecule has 5 nitrogen and oxygen atoms in total. The highest BCUT2D eigenvalue weighted by Gasteiger charge is 2.31. The number of hydrogen-bond donors (Lipinski definition) is 1. The summed E-state index contributed by atoms with van der Waals surface area (Å²) in [6, 6.07) is 0.270. The summed E-state index contributed by atoms with van der Waals surface area (Å²) in [5, 5.41) is 0. The molecule has 5 heteroatoms. The van der Waals surface area contributed by atoms with Gasteiger partial charge in [0.25, 0.3) is 0 Å². The fourth-order valence-electron chi connectivity index (χ4n) is 2.62. The van der Waals surface area contributed by atoms with E-state index in [2.05, 4.69) is 23.9 Å². The number of aromatic nitrogens is 2. The van der Waals surface area contributed by atoms with Crippen LogP contribution >= 0.6 is 0 Å². The van der Waals surface area contributed by atoms with E-state index in [9.17, 15) is 0 Å². The third-order valence-corrected chi connectivity index (χ3v) is 3.81. The smallest absolute Gasteiger partial charge is 0.122 e. The lowest BCUT2D eigenvalue weighted by Crippen LogP contribution is -2.46. The van der Waals surface area contributed by atoms with Crippen molar-refractivity contribution >= 4 is 0 Å². The summed E-state index contributed by atoms with van der Waals surface area (Å²) in [6.45, 7) is 3.56.